The first-order valence-electron chi connectivity index (χ1n) is 5.10. The van der Waals surface area contributed by atoms with Crippen LogP contribution < -0.4 is 0 Å². The van der Waals surface area contributed by atoms with Crippen molar-refractivity contribution in [3.8, 4) is 0 Å². The Morgan fingerprint density at radius 2 is 2.00 bits per heavy atom. The van der Waals surface area contributed by atoms with E-state index in [1.165, 1.54) is 4.31 Å². The number of carboxylic acid groups (broad SMARTS) is 1. The molecule has 0 spiro atoms. The summed E-state index contributed by atoms with van der Waals surface area (Å²) in [7, 11) is 0. The molecule has 5 nitrogen and oxygen atoms in total. The van der Waals surface area contributed by atoms with Crippen LogP contribution in [0.3, 0.4) is 0 Å². The van der Waals surface area contributed by atoms with Crippen LogP contribution in [0, 0.1) is 5.92 Å². The summed E-state index contributed by atoms with van der Waals surface area (Å²) in [5, 5.41) is 8.83. The van der Waals surface area contributed by atoms with E-state index in [2.05, 4.69) is 13.8 Å². The molecule has 1 N–H and O–H groups in total. The van der Waals surface area contributed by atoms with Crippen LogP contribution in [-0.4, -0.2) is 49.6 Å². The highest BCUT2D eigenvalue weighted by Crippen LogP contribution is 2.16. The first-order chi connectivity index (χ1) is 6.93. The third kappa shape index (κ3) is 2.99. The molecule has 0 amide bonds. The van der Waals surface area contributed by atoms with Gasteiger partial charge in [0.25, 0.3) is 0 Å². The maximum Gasteiger partial charge on any atom is 0.321 e. The van der Waals surface area contributed by atoms with Crippen LogP contribution in [0.5, 0.6) is 0 Å². The highest BCUT2D eigenvalue weighted by molar-refractivity contribution is 7.80. The second kappa shape index (κ2) is 5.05. The first-order valence-corrected chi connectivity index (χ1v) is 6.16. The van der Waals surface area contributed by atoms with Crippen molar-refractivity contribution in [3.63, 3.8) is 0 Å². The molecule has 2 unspecified atom stereocenters. The molecule has 15 heavy (non-hydrogen) atoms. The van der Waals surface area contributed by atoms with Crippen LogP contribution in [0.1, 0.15) is 20.8 Å². The Labute approximate surface area is 92.8 Å². The minimum Gasteiger partial charge on any atom is -0.480 e. The summed E-state index contributed by atoms with van der Waals surface area (Å²) in [6, 6.07) is -0.678. The Bertz CT molecular complexity index is 270. The van der Waals surface area contributed by atoms with E-state index >= 15 is 0 Å². The average Bonchev–Trinajstić information content (AvgIpc) is 2.46. The quantitative estimate of drug-likeness (QED) is 0.761. The van der Waals surface area contributed by atoms with E-state index in [0.29, 0.717) is 19.0 Å². The van der Waals surface area contributed by atoms with Crippen molar-refractivity contribution < 1.29 is 14.1 Å². The summed E-state index contributed by atoms with van der Waals surface area (Å²) in [5.74, 6) is -0.483. The number of carbonyl (C=O) groups is 1. The number of hydrogen-bond donors (Lipinski definition) is 1. The molecule has 2 atom stereocenters. The lowest BCUT2D eigenvalue weighted by Gasteiger charge is -2.20. The third-order valence-corrected chi connectivity index (χ3v) is 4.02. The van der Waals surface area contributed by atoms with Crippen LogP contribution >= 0.6 is 0 Å². The molecule has 0 aliphatic carbocycles. The molecular weight excluding hydrogens is 216 g/mol. The molecule has 0 aromatic rings. The fraction of sp³-hybridized carbons (Fsp3) is 0.889. The summed E-state index contributed by atoms with van der Waals surface area (Å²) in [6.07, 6.45) is 0. The van der Waals surface area contributed by atoms with E-state index in [4.69, 9.17) is 5.11 Å². The van der Waals surface area contributed by atoms with Gasteiger partial charge in [-0.1, -0.05) is 13.8 Å². The molecule has 0 aromatic heterocycles. The highest BCUT2D eigenvalue weighted by atomic mass is 32.2. The van der Waals surface area contributed by atoms with Gasteiger partial charge in [0.05, 0.1) is 0 Å². The Morgan fingerprint density at radius 3 is 2.47 bits per heavy atom. The summed E-state index contributed by atoms with van der Waals surface area (Å²) in [6.45, 7) is 7.67. The second-order valence-electron chi connectivity index (χ2n) is 4.17. The molecule has 0 aromatic carbocycles. The topological polar surface area (TPSA) is 60.9 Å². The molecule has 88 valence electrons. The van der Waals surface area contributed by atoms with Gasteiger partial charge in [-0.05, 0) is 12.8 Å². The van der Waals surface area contributed by atoms with Gasteiger partial charge < -0.3 is 5.11 Å². The van der Waals surface area contributed by atoms with Crippen molar-refractivity contribution in [2.75, 3.05) is 19.6 Å². The zero-order chi connectivity index (χ0) is 11.6. The number of aliphatic carboxylic acids is 1. The predicted molar refractivity (Wildman–Crippen MR) is 58.4 cm³/mol. The lowest BCUT2D eigenvalue weighted by molar-refractivity contribution is -0.140. The van der Waals surface area contributed by atoms with Gasteiger partial charge in [-0.25, -0.2) is 8.51 Å². The average molecular weight is 234 g/mol. The van der Waals surface area contributed by atoms with E-state index in [1.54, 1.807) is 6.92 Å². The maximum absolute atomic E-state index is 11.9. The fourth-order valence-electron chi connectivity index (χ4n) is 1.53. The van der Waals surface area contributed by atoms with Crippen LogP contribution in [0.4, 0.5) is 0 Å². The van der Waals surface area contributed by atoms with Gasteiger partial charge in [0.2, 0.25) is 0 Å². The Morgan fingerprint density at radius 1 is 1.40 bits per heavy atom. The first kappa shape index (κ1) is 12.6. The lowest BCUT2D eigenvalue weighted by atomic mass is 10.2. The zero-order valence-corrected chi connectivity index (χ0v) is 10.2. The van der Waals surface area contributed by atoms with Crippen LogP contribution in [0.15, 0.2) is 0 Å². The fourth-order valence-corrected chi connectivity index (χ4v) is 3.09. The van der Waals surface area contributed by atoms with Gasteiger partial charge in [-0.3, -0.25) is 4.79 Å². The molecule has 1 rings (SSSR count). The largest absolute Gasteiger partial charge is 0.480 e. The monoisotopic (exact) mass is 234 g/mol. The normalized spacial score (nSPS) is 26.0. The standard InChI is InChI=1S/C9H18N2O3S/c1-7(2)6-10-4-5-11(15(10)14)8(3)9(12)13/h7-8H,4-6H2,1-3H3,(H,12,13). The van der Waals surface area contributed by atoms with Gasteiger partial charge in [-0.2, -0.15) is 4.31 Å². The highest BCUT2D eigenvalue weighted by Gasteiger charge is 2.35. The molecule has 0 bridgehead atoms. The van der Waals surface area contributed by atoms with Gasteiger partial charge in [-0.15, -0.1) is 0 Å². The van der Waals surface area contributed by atoms with Crippen LogP contribution in [0.25, 0.3) is 0 Å². The van der Waals surface area contributed by atoms with Gasteiger partial charge in [0, 0.05) is 19.6 Å². The van der Waals surface area contributed by atoms with Crippen molar-refractivity contribution in [2.45, 2.75) is 26.8 Å². The Hall–Kier alpha value is -0.460. The summed E-state index contributed by atoms with van der Waals surface area (Å²) < 4.78 is 15.2. The Balaban J connectivity index is 2.60. The lowest BCUT2D eigenvalue weighted by Crippen LogP contribution is -2.39. The summed E-state index contributed by atoms with van der Waals surface area (Å²) >= 11 is -1.28. The van der Waals surface area contributed by atoms with Crippen LogP contribution in [0.2, 0.25) is 0 Å². The van der Waals surface area contributed by atoms with E-state index < -0.39 is 23.2 Å². The second-order valence-corrected chi connectivity index (χ2v) is 5.61. The van der Waals surface area contributed by atoms with E-state index in [1.807, 2.05) is 4.31 Å². The van der Waals surface area contributed by atoms with Crippen molar-refractivity contribution in [3.05, 3.63) is 0 Å². The number of rotatable bonds is 4. The van der Waals surface area contributed by atoms with Crippen molar-refractivity contribution >= 4 is 17.1 Å². The minimum absolute atomic E-state index is 0.439. The van der Waals surface area contributed by atoms with Crippen LogP contribution in [-0.2, 0) is 16.0 Å². The number of nitrogens with zero attached hydrogens (tertiary/aromatic N) is 2. The maximum atomic E-state index is 11.9. The SMILES string of the molecule is CC(C)CN1CCN(C(C)C(=O)O)S1=O. The third-order valence-electron chi connectivity index (χ3n) is 2.35. The summed E-state index contributed by atoms with van der Waals surface area (Å²) in [5.41, 5.74) is 0. The molecule has 1 aliphatic rings. The number of carboxylic acids is 1. The van der Waals surface area contributed by atoms with Crippen molar-refractivity contribution in [1.82, 2.24) is 8.61 Å². The predicted octanol–water partition coefficient (Wildman–Crippen LogP) is 0.312. The van der Waals surface area contributed by atoms with E-state index in [9.17, 15) is 9.00 Å². The molecule has 1 aliphatic heterocycles. The molecule has 1 heterocycles. The minimum atomic E-state index is -1.28. The smallest absolute Gasteiger partial charge is 0.321 e. The van der Waals surface area contributed by atoms with Crippen molar-refractivity contribution in [1.29, 1.82) is 0 Å². The summed E-state index contributed by atoms with van der Waals surface area (Å²) in [4.78, 5) is 10.8. The molecule has 6 heteroatoms. The molecule has 1 fully saturated rings. The molecule has 0 radical (unpaired) electrons. The Kier molecular flexibility index (Phi) is 4.24. The molecular formula is C9H18N2O3S. The molecule has 1 saturated heterocycles. The number of hydrogen-bond acceptors (Lipinski definition) is 2. The van der Waals surface area contributed by atoms with Gasteiger partial charge in [0.15, 0.2) is 11.2 Å². The van der Waals surface area contributed by atoms with E-state index in [-0.39, 0.29) is 0 Å². The van der Waals surface area contributed by atoms with Gasteiger partial charge >= 0.3 is 5.97 Å². The van der Waals surface area contributed by atoms with Gasteiger partial charge in [0.1, 0.15) is 6.04 Å². The van der Waals surface area contributed by atoms with E-state index in [0.717, 1.165) is 6.54 Å². The zero-order valence-electron chi connectivity index (χ0n) is 9.34. The van der Waals surface area contributed by atoms with Crippen molar-refractivity contribution in [2.24, 2.45) is 5.92 Å². The molecule has 0 saturated carbocycles.